The van der Waals surface area contributed by atoms with Crippen molar-refractivity contribution in [2.45, 2.75) is 57.0 Å². The molecule has 0 amide bonds. The molecule has 2 aromatic heterocycles. The van der Waals surface area contributed by atoms with Crippen LogP contribution in [0.2, 0.25) is 0 Å². The van der Waals surface area contributed by atoms with Gasteiger partial charge in [0.05, 0.1) is 10.8 Å². The second kappa shape index (κ2) is 5.77. The minimum absolute atomic E-state index is 0.0978. The number of thiazole rings is 1. The number of pyridine rings is 1. The molecule has 1 aliphatic rings. The average Bonchev–Trinajstić information content (AvgIpc) is 3.23. The van der Waals surface area contributed by atoms with E-state index in [1.807, 2.05) is 0 Å². The van der Waals surface area contributed by atoms with Crippen LogP contribution in [0, 0.1) is 0 Å². The first-order valence-electron chi connectivity index (χ1n) is 7.88. The van der Waals surface area contributed by atoms with E-state index in [-0.39, 0.29) is 16.3 Å². The second-order valence-corrected chi connectivity index (χ2v) is 10.1. The summed E-state index contributed by atoms with van der Waals surface area (Å²) < 4.78 is 30.2. The molecule has 0 aromatic carbocycles. The van der Waals surface area contributed by atoms with Gasteiger partial charge in [0.25, 0.3) is 0 Å². The van der Waals surface area contributed by atoms with Crippen LogP contribution in [-0.2, 0) is 14.6 Å². The smallest absolute Gasteiger partial charge is 0.358 e. The Hall–Kier alpha value is -1.54. The highest BCUT2D eigenvalue weighted by Crippen LogP contribution is 2.43. The van der Waals surface area contributed by atoms with Gasteiger partial charge in [-0.15, -0.1) is 0 Å². The molecule has 0 spiro atoms. The zero-order valence-electron chi connectivity index (χ0n) is 14.1. The molecular formula is C16H20N2O4S2. The van der Waals surface area contributed by atoms with Crippen molar-refractivity contribution < 1.29 is 17.9 Å². The van der Waals surface area contributed by atoms with Gasteiger partial charge in [-0.1, -0.05) is 18.3 Å². The van der Waals surface area contributed by atoms with Crippen molar-refractivity contribution in [1.82, 2.24) is 9.97 Å². The predicted octanol–water partition coefficient (Wildman–Crippen LogP) is 3.32. The summed E-state index contributed by atoms with van der Waals surface area (Å²) in [6, 6.07) is 1.46. The van der Waals surface area contributed by atoms with E-state index < -0.39 is 21.4 Å². The Kier molecular flexibility index (Phi) is 4.16. The van der Waals surface area contributed by atoms with Gasteiger partial charge >= 0.3 is 5.97 Å². The first-order chi connectivity index (χ1) is 11.1. The normalized spacial score (nSPS) is 15.7. The molecule has 6 nitrogen and oxygen atoms in total. The summed E-state index contributed by atoms with van der Waals surface area (Å²) in [4.78, 5) is 21.8. The lowest BCUT2D eigenvalue weighted by Crippen LogP contribution is -2.26. The van der Waals surface area contributed by atoms with Gasteiger partial charge in [0, 0.05) is 5.92 Å². The van der Waals surface area contributed by atoms with Gasteiger partial charge in [-0.2, -0.15) is 0 Å². The van der Waals surface area contributed by atoms with Crippen molar-refractivity contribution in [3.8, 4) is 0 Å². The van der Waals surface area contributed by atoms with Crippen molar-refractivity contribution in [3.05, 3.63) is 16.8 Å². The molecule has 8 heteroatoms. The van der Waals surface area contributed by atoms with Gasteiger partial charge in [0.2, 0.25) is 0 Å². The lowest BCUT2D eigenvalue weighted by molar-refractivity contribution is 0.00586. The summed E-state index contributed by atoms with van der Waals surface area (Å²) >= 11 is 1.42. The van der Waals surface area contributed by atoms with E-state index >= 15 is 0 Å². The first-order valence-corrected chi connectivity index (χ1v) is 10.3. The SMILES string of the molecule is CCS(=O)(=O)c1cc2nc(C3CC3)sc2nc1C(=O)OC(C)(C)C. The monoisotopic (exact) mass is 368 g/mol. The van der Waals surface area contributed by atoms with Crippen LogP contribution in [-0.4, -0.2) is 35.7 Å². The average molecular weight is 368 g/mol. The Morgan fingerprint density at radius 2 is 2.00 bits per heavy atom. The highest BCUT2D eigenvalue weighted by Gasteiger charge is 2.31. The van der Waals surface area contributed by atoms with Gasteiger partial charge in [-0.3, -0.25) is 0 Å². The minimum Gasteiger partial charge on any atom is -0.455 e. The molecular weight excluding hydrogens is 348 g/mol. The molecule has 1 fully saturated rings. The highest BCUT2D eigenvalue weighted by molar-refractivity contribution is 7.91. The molecule has 0 radical (unpaired) electrons. The third kappa shape index (κ3) is 3.44. The molecule has 1 aliphatic carbocycles. The summed E-state index contributed by atoms with van der Waals surface area (Å²) in [5, 5.41) is 0.957. The lowest BCUT2D eigenvalue weighted by atomic mass is 10.2. The Morgan fingerprint density at radius 1 is 1.33 bits per heavy atom. The van der Waals surface area contributed by atoms with Crippen LogP contribution in [0.1, 0.15) is 62.0 Å². The number of ether oxygens (including phenoxy) is 1. The highest BCUT2D eigenvalue weighted by atomic mass is 32.2. The van der Waals surface area contributed by atoms with Crippen LogP contribution in [0.4, 0.5) is 0 Å². The maximum Gasteiger partial charge on any atom is 0.358 e. The fourth-order valence-electron chi connectivity index (χ4n) is 2.23. The number of carbonyl (C=O) groups excluding carboxylic acids is 1. The zero-order valence-corrected chi connectivity index (χ0v) is 15.8. The summed E-state index contributed by atoms with van der Waals surface area (Å²) in [6.45, 7) is 6.73. The van der Waals surface area contributed by atoms with Crippen LogP contribution >= 0.6 is 11.3 Å². The molecule has 2 aromatic rings. The van der Waals surface area contributed by atoms with Crippen molar-refractivity contribution in [2.75, 3.05) is 5.75 Å². The fourth-order valence-corrected chi connectivity index (χ4v) is 4.35. The van der Waals surface area contributed by atoms with E-state index in [0.29, 0.717) is 16.3 Å². The van der Waals surface area contributed by atoms with Crippen molar-refractivity contribution in [1.29, 1.82) is 0 Å². The fraction of sp³-hybridized carbons (Fsp3) is 0.562. The number of hydrogen-bond acceptors (Lipinski definition) is 7. The van der Waals surface area contributed by atoms with Crippen LogP contribution in [0.3, 0.4) is 0 Å². The van der Waals surface area contributed by atoms with E-state index in [9.17, 15) is 13.2 Å². The van der Waals surface area contributed by atoms with Crippen molar-refractivity contribution >= 4 is 37.5 Å². The maximum absolute atomic E-state index is 12.5. The number of aromatic nitrogens is 2. The molecule has 0 bridgehead atoms. The van der Waals surface area contributed by atoms with E-state index in [0.717, 1.165) is 17.8 Å². The molecule has 0 saturated heterocycles. The molecule has 3 rings (SSSR count). The van der Waals surface area contributed by atoms with Gasteiger partial charge in [0.1, 0.15) is 20.8 Å². The number of sulfone groups is 1. The number of carbonyl (C=O) groups is 1. The quantitative estimate of drug-likeness (QED) is 0.770. The second-order valence-electron chi connectivity index (χ2n) is 6.89. The molecule has 0 atom stereocenters. The molecule has 130 valence electrons. The van der Waals surface area contributed by atoms with Crippen molar-refractivity contribution in [2.24, 2.45) is 0 Å². The number of fused-ring (bicyclic) bond motifs is 1. The summed E-state index contributed by atoms with van der Waals surface area (Å²) in [5.41, 5.74) is -0.347. The van der Waals surface area contributed by atoms with E-state index in [1.165, 1.54) is 24.3 Å². The Bertz CT molecular complexity index is 906. The maximum atomic E-state index is 12.5. The Balaban J connectivity index is 2.16. The Morgan fingerprint density at radius 3 is 2.54 bits per heavy atom. The molecule has 24 heavy (non-hydrogen) atoms. The summed E-state index contributed by atoms with van der Waals surface area (Å²) in [6.07, 6.45) is 2.19. The standard InChI is InChI=1S/C16H20N2O4S2/c1-5-24(20,21)11-8-10-14(23-13(17-10)9-6-7-9)18-12(11)15(19)22-16(2,3)4/h8-9H,5-7H2,1-4H3. The first kappa shape index (κ1) is 17.3. The molecule has 0 N–H and O–H groups in total. The van der Waals surface area contributed by atoms with E-state index in [1.54, 1.807) is 20.8 Å². The third-order valence-electron chi connectivity index (χ3n) is 3.60. The molecule has 2 heterocycles. The Labute approximate surface area is 145 Å². The summed E-state index contributed by atoms with van der Waals surface area (Å²) in [5.74, 6) is -0.395. The minimum atomic E-state index is -3.61. The topological polar surface area (TPSA) is 86.2 Å². The van der Waals surface area contributed by atoms with E-state index in [2.05, 4.69) is 9.97 Å². The van der Waals surface area contributed by atoms with Crippen LogP contribution < -0.4 is 0 Å². The van der Waals surface area contributed by atoms with Crippen LogP contribution in [0.15, 0.2) is 11.0 Å². The predicted molar refractivity (Wildman–Crippen MR) is 92.3 cm³/mol. The van der Waals surface area contributed by atoms with Crippen LogP contribution in [0.5, 0.6) is 0 Å². The number of hydrogen-bond donors (Lipinski definition) is 0. The number of nitrogens with zero attached hydrogens (tertiary/aromatic N) is 2. The molecule has 1 saturated carbocycles. The lowest BCUT2D eigenvalue weighted by Gasteiger charge is -2.20. The molecule has 0 aliphatic heterocycles. The van der Waals surface area contributed by atoms with Gasteiger partial charge in [-0.05, 0) is 39.7 Å². The number of esters is 1. The van der Waals surface area contributed by atoms with Gasteiger partial charge in [-0.25, -0.2) is 23.2 Å². The zero-order chi connectivity index (χ0) is 17.7. The number of rotatable bonds is 4. The van der Waals surface area contributed by atoms with Crippen molar-refractivity contribution in [3.63, 3.8) is 0 Å². The summed E-state index contributed by atoms with van der Waals surface area (Å²) in [7, 11) is -3.61. The largest absolute Gasteiger partial charge is 0.455 e. The van der Waals surface area contributed by atoms with Crippen LogP contribution in [0.25, 0.3) is 10.3 Å². The van der Waals surface area contributed by atoms with E-state index in [4.69, 9.17) is 4.74 Å². The van der Waals surface area contributed by atoms with Gasteiger partial charge < -0.3 is 4.74 Å². The molecule has 0 unspecified atom stereocenters. The third-order valence-corrected chi connectivity index (χ3v) is 6.47. The van der Waals surface area contributed by atoms with Gasteiger partial charge in [0.15, 0.2) is 15.5 Å².